The molecule has 128 valence electrons. The van der Waals surface area contributed by atoms with Gasteiger partial charge in [0.05, 0.1) is 13.3 Å². The van der Waals surface area contributed by atoms with E-state index < -0.39 is 5.82 Å². The van der Waals surface area contributed by atoms with Crippen LogP contribution in [0.1, 0.15) is 37.7 Å². The highest BCUT2D eigenvalue weighted by Gasteiger charge is 2.51. The Morgan fingerprint density at radius 1 is 1.46 bits per heavy atom. The Labute approximate surface area is 140 Å². The molecule has 0 unspecified atom stereocenters. The molecule has 0 atom stereocenters. The van der Waals surface area contributed by atoms with Crippen LogP contribution >= 0.6 is 0 Å². The first-order chi connectivity index (χ1) is 11.5. The molecule has 1 aromatic heterocycles. The first kappa shape index (κ1) is 16.4. The van der Waals surface area contributed by atoms with Gasteiger partial charge in [-0.1, -0.05) is 0 Å². The molecule has 1 aliphatic heterocycles. The van der Waals surface area contributed by atoms with E-state index in [0.29, 0.717) is 6.54 Å². The lowest BCUT2D eigenvalue weighted by atomic mass is 9.99. The topological polar surface area (TPSA) is 92.3 Å². The number of rotatable bonds is 4. The van der Waals surface area contributed by atoms with Gasteiger partial charge in [0, 0.05) is 29.4 Å². The minimum absolute atomic E-state index is 0.00778. The largest absolute Gasteiger partial charge is 0.481 e. The van der Waals surface area contributed by atoms with Gasteiger partial charge in [-0.05, 0) is 38.2 Å². The van der Waals surface area contributed by atoms with Gasteiger partial charge >= 0.3 is 0 Å². The van der Waals surface area contributed by atoms with Crippen molar-refractivity contribution in [2.75, 3.05) is 13.7 Å². The van der Waals surface area contributed by atoms with Crippen LogP contribution in [0.4, 0.5) is 4.39 Å². The van der Waals surface area contributed by atoms with Crippen LogP contribution < -0.4 is 10.5 Å². The van der Waals surface area contributed by atoms with E-state index in [4.69, 9.17) is 15.9 Å². The Morgan fingerprint density at radius 3 is 2.88 bits per heavy atom. The fourth-order valence-corrected chi connectivity index (χ4v) is 3.27. The molecule has 2 heterocycles. The van der Waals surface area contributed by atoms with Crippen molar-refractivity contribution in [3.8, 4) is 5.88 Å². The average Bonchev–Trinajstić information content (AvgIpc) is 3.34. The molecule has 1 saturated heterocycles. The lowest BCUT2D eigenvalue weighted by Crippen LogP contribution is -2.48. The van der Waals surface area contributed by atoms with Crippen LogP contribution in [0.25, 0.3) is 5.70 Å². The molecule has 1 amide bonds. The maximum absolute atomic E-state index is 13.9. The summed E-state index contributed by atoms with van der Waals surface area (Å²) < 4.78 is 18.8. The monoisotopic (exact) mass is 332 g/mol. The Kier molecular flexibility index (Phi) is 4.26. The van der Waals surface area contributed by atoms with Crippen molar-refractivity contribution < 1.29 is 13.9 Å². The standard InChI is InChI=1S/C17H21FN4O2/c1-24-15-8-11(12(18)10-21-15)13(19)9-14(20)16(23)22-7-3-2-4-17(22)5-6-17/h8-10,20H,2-7,19H2,1H3/b13-9-,20-14?. The second-order valence-corrected chi connectivity index (χ2v) is 6.36. The number of nitrogens with zero attached hydrogens (tertiary/aromatic N) is 2. The van der Waals surface area contributed by atoms with E-state index in [9.17, 15) is 9.18 Å². The molecule has 0 bridgehead atoms. The molecule has 6 nitrogen and oxygen atoms in total. The van der Waals surface area contributed by atoms with Crippen molar-refractivity contribution in [1.29, 1.82) is 5.41 Å². The average molecular weight is 332 g/mol. The predicted molar refractivity (Wildman–Crippen MR) is 88.2 cm³/mol. The van der Waals surface area contributed by atoms with Gasteiger partial charge in [-0.2, -0.15) is 0 Å². The summed E-state index contributed by atoms with van der Waals surface area (Å²) in [6.07, 6.45) is 7.30. The summed E-state index contributed by atoms with van der Waals surface area (Å²) in [6.45, 7) is 0.673. The quantitative estimate of drug-likeness (QED) is 0.826. The Bertz CT molecular complexity index is 713. The van der Waals surface area contributed by atoms with E-state index in [2.05, 4.69) is 4.98 Å². The third-order valence-electron chi connectivity index (χ3n) is 4.80. The molecular weight excluding hydrogens is 311 g/mol. The normalized spacial score (nSPS) is 19.2. The lowest BCUT2D eigenvalue weighted by molar-refractivity contribution is -0.128. The molecule has 0 radical (unpaired) electrons. The van der Waals surface area contributed by atoms with E-state index in [0.717, 1.165) is 38.3 Å². The minimum Gasteiger partial charge on any atom is -0.481 e. The van der Waals surface area contributed by atoms with Crippen LogP contribution in [0.15, 0.2) is 18.3 Å². The summed E-state index contributed by atoms with van der Waals surface area (Å²) >= 11 is 0. The van der Waals surface area contributed by atoms with Crippen molar-refractivity contribution >= 4 is 17.3 Å². The number of aromatic nitrogens is 1. The number of hydrogen-bond donors (Lipinski definition) is 2. The van der Waals surface area contributed by atoms with Gasteiger partial charge in [0.1, 0.15) is 5.71 Å². The molecule has 2 fully saturated rings. The molecule has 24 heavy (non-hydrogen) atoms. The van der Waals surface area contributed by atoms with E-state index in [1.54, 1.807) is 4.90 Å². The number of nitrogens with one attached hydrogen (secondary N) is 1. The van der Waals surface area contributed by atoms with Crippen molar-refractivity contribution in [3.05, 3.63) is 29.7 Å². The van der Waals surface area contributed by atoms with Gasteiger partial charge in [-0.3, -0.25) is 10.2 Å². The third kappa shape index (κ3) is 2.98. The predicted octanol–water partition coefficient (Wildman–Crippen LogP) is 2.09. The van der Waals surface area contributed by atoms with Crippen LogP contribution in [0, 0.1) is 11.2 Å². The molecule has 1 saturated carbocycles. The zero-order valence-corrected chi connectivity index (χ0v) is 13.6. The van der Waals surface area contributed by atoms with Crippen LogP contribution in [0.5, 0.6) is 5.88 Å². The van der Waals surface area contributed by atoms with Gasteiger partial charge in [-0.25, -0.2) is 9.37 Å². The number of ether oxygens (including phenoxy) is 1. The molecule has 7 heteroatoms. The van der Waals surface area contributed by atoms with Crippen LogP contribution in [-0.4, -0.2) is 40.7 Å². The minimum atomic E-state index is -0.624. The van der Waals surface area contributed by atoms with Crippen LogP contribution in [0.3, 0.4) is 0 Å². The van der Waals surface area contributed by atoms with Crippen molar-refractivity contribution in [2.45, 2.75) is 37.6 Å². The Hall–Kier alpha value is -2.44. The molecule has 1 aromatic rings. The number of methoxy groups -OCH3 is 1. The molecule has 2 aliphatic rings. The first-order valence-corrected chi connectivity index (χ1v) is 8.04. The van der Waals surface area contributed by atoms with Crippen LogP contribution in [0.2, 0.25) is 0 Å². The van der Waals surface area contributed by atoms with Gasteiger partial charge in [-0.15, -0.1) is 0 Å². The second kappa shape index (κ2) is 6.22. The van der Waals surface area contributed by atoms with Crippen LogP contribution in [-0.2, 0) is 4.79 Å². The molecule has 0 aromatic carbocycles. The Balaban J connectivity index is 1.80. The smallest absolute Gasteiger partial charge is 0.272 e. The molecule has 1 aliphatic carbocycles. The van der Waals surface area contributed by atoms with Gasteiger partial charge in [0.15, 0.2) is 5.82 Å². The van der Waals surface area contributed by atoms with E-state index in [-0.39, 0.29) is 34.3 Å². The number of halogens is 1. The zero-order valence-electron chi connectivity index (χ0n) is 13.6. The maximum atomic E-state index is 13.9. The SMILES string of the molecule is COc1cc(/C(N)=C/C(=N)C(=O)N2CCCCC23CC3)c(F)cn1. The Morgan fingerprint density at radius 2 is 2.21 bits per heavy atom. The summed E-state index contributed by atoms with van der Waals surface area (Å²) in [4.78, 5) is 18.1. The number of hydrogen-bond acceptors (Lipinski definition) is 5. The molecule has 1 spiro atoms. The number of nitrogens with two attached hydrogens (primary N) is 1. The number of pyridine rings is 1. The number of amides is 1. The number of piperidine rings is 1. The summed E-state index contributed by atoms with van der Waals surface area (Å²) in [5.74, 6) is -0.744. The molecular formula is C17H21FN4O2. The third-order valence-corrected chi connectivity index (χ3v) is 4.80. The summed E-state index contributed by atoms with van der Waals surface area (Å²) in [7, 11) is 1.42. The number of carbonyl (C=O) groups is 1. The van der Waals surface area contributed by atoms with E-state index >= 15 is 0 Å². The summed E-state index contributed by atoms with van der Waals surface area (Å²) in [5.41, 5.74) is 5.70. The number of carbonyl (C=O) groups excluding carboxylic acids is 1. The van der Waals surface area contributed by atoms with Gasteiger partial charge in [0.2, 0.25) is 5.88 Å². The lowest BCUT2D eigenvalue weighted by Gasteiger charge is -2.36. The summed E-state index contributed by atoms with van der Waals surface area (Å²) in [6, 6.07) is 1.35. The van der Waals surface area contributed by atoms with E-state index in [1.807, 2.05) is 0 Å². The summed E-state index contributed by atoms with van der Waals surface area (Å²) in [5, 5.41) is 8.07. The fourth-order valence-electron chi connectivity index (χ4n) is 3.27. The first-order valence-electron chi connectivity index (χ1n) is 8.04. The van der Waals surface area contributed by atoms with Crippen molar-refractivity contribution in [3.63, 3.8) is 0 Å². The number of likely N-dealkylation sites (tertiary alicyclic amines) is 1. The maximum Gasteiger partial charge on any atom is 0.272 e. The van der Waals surface area contributed by atoms with E-state index in [1.165, 1.54) is 19.3 Å². The van der Waals surface area contributed by atoms with Gasteiger partial charge in [0.25, 0.3) is 5.91 Å². The zero-order chi connectivity index (χ0) is 17.3. The molecule has 3 N–H and O–H groups in total. The van der Waals surface area contributed by atoms with Gasteiger partial charge < -0.3 is 15.4 Å². The van der Waals surface area contributed by atoms with Crippen molar-refractivity contribution in [2.24, 2.45) is 5.73 Å². The highest BCUT2D eigenvalue weighted by atomic mass is 19.1. The highest BCUT2D eigenvalue weighted by molar-refractivity contribution is 6.43. The fraction of sp³-hybridized carbons (Fsp3) is 0.471. The van der Waals surface area contributed by atoms with Crippen molar-refractivity contribution in [1.82, 2.24) is 9.88 Å². The highest BCUT2D eigenvalue weighted by Crippen LogP contribution is 2.48. The molecule has 3 rings (SSSR count). The second-order valence-electron chi connectivity index (χ2n) is 6.36.